The van der Waals surface area contributed by atoms with Crippen molar-refractivity contribution in [3.8, 4) is 0 Å². The molecule has 1 unspecified atom stereocenters. The standard InChI is InChI=1S/C12H15FN2O3/c1-12(2,15-11(16)17)4-7-3-9(10-6-18-10)14-5-8(7)13/h3,5,10,15H,4,6H2,1-2H3,(H,16,17). The monoisotopic (exact) mass is 254 g/mol. The Morgan fingerprint density at radius 2 is 2.39 bits per heavy atom. The van der Waals surface area contributed by atoms with E-state index in [1.807, 2.05) is 0 Å². The molecule has 18 heavy (non-hydrogen) atoms. The van der Waals surface area contributed by atoms with Gasteiger partial charge in [-0.2, -0.15) is 0 Å². The maximum absolute atomic E-state index is 13.6. The van der Waals surface area contributed by atoms with E-state index in [1.165, 1.54) is 0 Å². The van der Waals surface area contributed by atoms with Crippen LogP contribution in [0.1, 0.15) is 31.2 Å². The van der Waals surface area contributed by atoms with Crippen molar-refractivity contribution in [1.82, 2.24) is 10.3 Å². The van der Waals surface area contributed by atoms with Gasteiger partial charge in [0.1, 0.15) is 11.9 Å². The molecule has 98 valence electrons. The third kappa shape index (κ3) is 3.16. The number of carboxylic acid groups (broad SMARTS) is 1. The largest absolute Gasteiger partial charge is 0.465 e. The molecule has 1 fully saturated rings. The highest BCUT2D eigenvalue weighted by Gasteiger charge is 2.28. The van der Waals surface area contributed by atoms with E-state index < -0.39 is 17.4 Å². The van der Waals surface area contributed by atoms with Gasteiger partial charge in [-0.05, 0) is 31.9 Å². The summed E-state index contributed by atoms with van der Waals surface area (Å²) in [6, 6.07) is 1.64. The summed E-state index contributed by atoms with van der Waals surface area (Å²) in [5.41, 5.74) is 0.391. The van der Waals surface area contributed by atoms with Crippen LogP contribution in [0.4, 0.5) is 9.18 Å². The number of hydrogen-bond donors (Lipinski definition) is 2. The summed E-state index contributed by atoms with van der Waals surface area (Å²) in [6.45, 7) is 4.01. The molecule has 1 aromatic heterocycles. The molecular formula is C12H15FN2O3. The number of epoxide rings is 1. The Labute approximate surface area is 104 Å². The lowest BCUT2D eigenvalue weighted by molar-refractivity contribution is 0.182. The van der Waals surface area contributed by atoms with Gasteiger partial charge in [-0.1, -0.05) is 0 Å². The van der Waals surface area contributed by atoms with Crippen LogP contribution in [0.25, 0.3) is 0 Å². The molecule has 0 aromatic carbocycles. The Morgan fingerprint density at radius 3 is 2.94 bits per heavy atom. The second-order valence-corrected chi connectivity index (χ2v) is 5.01. The zero-order valence-corrected chi connectivity index (χ0v) is 10.2. The van der Waals surface area contributed by atoms with Gasteiger partial charge in [0.15, 0.2) is 0 Å². The molecule has 1 saturated heterocycles. The Balaban J connectivity index is 2.16. The van der Waals surface area contributed by atoms with Gasteiger partial charge in [0, 0.05) is 5.54 Å². The molecule has 1 amide bonds. The first kappa shape index (κ1) is 12.8. The second-order valence-electron chi connectivity index (χ2n) is 5.01. The number of halogens is 1. The predicted molar refractivity (Wildman–Crippen MR) is 61.8 cm³/mol. The number of hydrogen-bond acceptors (Lipinski definition) is 3. The molecule has 1 aromatic rings. The topological polar surface area (TPSA) is 74.8 Å². The van der Waals surface area contributed by atoms with Gasteiger partial charge in [-0.15, -0.1) is 0 Å². The van der Waals surface area contributed by atoms with Gasteiger partial charge < -0.3 is 15.2 Å². The molecule has 0 bridgehead atoms. The normalized spacial score (nSPS) is 18.5. The van der Waals surface area contributed by atoms with Gasteiger partial charge in [0.05, 0.1) is 18.5 Å². The molecule has 2 heterocycles. The number of ether oxygens (including phenoxy) is 1. The number of nitrogens with one attached hydrogen (secondary N) is 1. The summed E-state index contributed by atoms with van der Waals surface area (Å²) in [6.07, 6.45) is 0.247. The van der Waals surface area contributed by atoms with Gasteiger partial charge >= 0.3 is 6.09 Å². The fraction of sp³-hybridized carbons (Fsp3) is 0.500. The van der Waals surface area contributed by atoms with E-state index in [1.54, 1.807) is 19.9 Å². The molecule has 6 heteroatoms. The van der Waals surface area contributed by atoms with Crippen LogP contribution >= 0.6 is 0 Å². The Morgan fingerprint density at radius 1 is 1.72 bits per heavy atom. The molecule has 0 spiro atoms. The highest BCUT2D eigenvalue weighted by atomic mass is 19.1. The lowest BCUT2D eigenvalue weighted by Gasteiger charge is -2.24. The molecule has 2 rings (SSSR count). The van der Waals surface area contributed by atoms with Crippen LogP contribution in [0.2, 0.25) is 0 Å². The molecule has 1 atom stereocenters. The van der Waals surface area contributed by atoms with Gasteiger partial charge in [-0.3, -0.25) is 4.98 Å². The van der Waals surface area contributed by atoms with Crippen LogP contribution in [-0.2, 0) is 11.2 Å². The van der Waals surface area contributed by atoms with Crippen LogP contribution in [0.15, 0.2) is 12.3 Å². The Hall–Kier alpha value is -1.69. The van der Waals surface area contributed by atoms with Crippen molar-refractivity contribution in [2.24, 2.45) is 0 Å². The highest BCUT2D eigenvalue weighted by molar-refractivity contribution is 5.65. The lowest BCUT2D eigenvalue weighted by Crippen LogP contribution is -2.44. The zero-order chi connectivity index (χ0) is 13.3. The fourth-order valence-corrected chi connectivity index (χ4v) is 1.84. The summed E-state index contributed by atoms with van der Waals surface area (Å²) >= 11 is 0. The maximum Gasteiger partial charge on any atom is 0.405 e. The lowest BCUT2D eigenvalue weighted by atomic mass is 9.95. The van der Waals surface area contributed by atoms with Crippen molar-refractivity contribution in [2.45, 2.75) is 31.9 Å². The highest BCUT2D eigenvalue weighted by Crippen LogP contribution is 2.29. The van der Waals surface area contributed by atoms with Crippen molar-refractivity contribution in [3.63, 3.8) is 0 Å². The van der Waals surface area contributed by atoms with Crippen molar-refractivity contribution in [1.29, 1.82) is 0 Å². The van der Waals surface area contributed by atoms with Crippen LogP contribution in [0.3, 0.4) is 0 Å². The van der Waals surface area contributed by atoms with Crippen LogP contribution in [0, 0.1) is 5.82 Å². The summed E-state index contributed by atoms with van der Waals surface area (Å²) < 4.78 is 18.7. The fourth-order valence-electron chi connectivity index (χ4n) is 1.84. The summed E-state index contributed by atoms with van der Waals surface area (Å²) in [5, 5.41) is 11.1. The molecule has 0 aliphatic carbocycles. The third-order valence-electron chi connectivity index (χ3n) is 2.70. The first-order valence-corrected chi connectivity index (χ1v) is 5.64. The maximum atomic E-state index is 13.6. The Kier molecular flexibility index (Phi) is 3.21. The first-order valence-electron chi connectivity index (χ1n) is 5.64. The summed E-state index contributed by atoms with van der Waals surface area (Å²) in [5.74, 6) is -0.431. The quantitative estimate of drug-likeness (QED) is 0.804. The molecule has 1 aliphatic rings. The average molecular weight is 254 g/mol. The van der Waals surface area contributed by atoms with E-state index in [2.05, 4.69) is 10.3 Å². The van der Waals surface area contributed by atoms with E-state index in [9.17, 15) is 9.18 Å². The molecule has 2 N–H and O–H groups in total. The van der Waals surface area contributed by atoms with Crippen LogP contribution < -0.4 is 5.32 Å². The SMILES string of the molecule is CC(C)(Cc1cc(C2CO2)ncc1F)NC(=O)O. The first-order chi connectivity index (χ1) is 8.37. The van der Waals surface area contributed by atoms with E-state index in [4.69, 9.17) is 9.84 Å². The van der Waals surface area contributed by atoms with Gasteiger partial charge in [0.2, 0.25) is 0 Å². The van der Waals surface area contributed by atoms with Crippen LogP contribution in [0.5, 0.6) is 0 Å². The number of nitrogens with zero attached hydrogens (tertiary/aromatic N) is 1. The predicted octanol–water partition coefficient (Wildman–Crippen LogP) is 1.88. The van der Waals surface area contributed by atoms with Crippen molar-refractivity contribution in [3.05, 3.63) is 29.3 Å². The van der Waals surface area contributed by atoms with E-state index >= 15 is 0 Å². The number of carbonyl (C=O) groups is 1. The molecular weight excluding hydrogens is 239 g/mol. The van der Waals surface area contributed by atoms with Crippen LogP contribution in [-0.4, -0.2) is 28.3 Å². The number of aromatic nitrogens is 1. The van der Waals surface area contributed by atoms with Crippen molar-refractivity contribution < 1.29 is 19.0 Å². The third-order valence-corrected chi connectivity index (χ3v) is 2.70. The minimum Gasteiger partial charge on any atom is -0.465 e. The number of pyridine rings is 1. The summed E-state index contributed by atoms with van der Waals surface area (Å²) in [7, 11) is 0. The molecule has 5 nitrogen and oxygen atoms in total. The number of amides is 1. The zero-order valence-electron chi connectivity index (χ0n) is 10.2. The minimum absolute atomic E-state index is 0.0418. The smallest absolute Gasteiger partial charge is 0.405 e. The summed E-state index contributed by atoms with van der Waals surface area (Å²) in [4.78, 5) is 14.6. The van der Waals surface area contributed by atoms with E-state index in [0.29, 0.717) is 17.9 Å². The van der Waals surface area contributed by atoms with Crippen molar-refractivity contribution in [2.75, 3.05) is 6.61 Å². The second kappa shape index (κ2) is 4.53. The van der Waals surface area contributed by atoms with E-state index in [-0.39, 0.29) is 12.5 Å². The number of rotatable bonds is 4. The molecule has 0 saturated carbocycles. The van der Waals surface area contributed by atoms with Gasteiger partial charge in [0.25, 0.3) is 0 Å². The average Bonchev–Trinajstić information content (AvgIpc) is 3.02. The van der Waals surface area contributed by atoms with Crippen molar-refractivity contribution >= 4 is 6.09 Å². The minimum atomic E-state index is -1.12. The van der Waals surface area contributed by atoms with Gasteiger partial charge in [-0.25, -0.2) is 9.18 Å². The molecule has 1 aliphatic heterocycles. The Bertz CT molecular complexity index is 472. The van der Waals surface area contributed by atoms with E-state index in [0.717, 1.165) is 6.20 Å². The molecule has 0 radical (unpaired) electrons.